The minimum Gasteiger partial charge on any atom is -0.323 e. The Labute approximate surface area is 309 Å². The second kappa shape index (κ2) is 18.1. The molecule has 0 bridgehead atoms. The molecule has 0 aliphatic carbocycles. The largest absolute Gasteiger partial charge is 0.379 e. The van der Waals surface area contributed by atoms with Crippen LogP contribution in [0.3, 0.4) is 0 Å². The minimum atomic E-state index is -3.48. The van der Waals surface area contributed by atoms with Crippen molar-refractivity contribution < 1.29 is 32.0 Å². The van der Waals surface area contributed by atoms with Crippen molar-refractivity contribution in [3.05, 3.63) is 81.0 Å². The number of guanidine groups is 1. The molecule has 0 spiro atoms. The zero-order chi connectivity index (χ0) is 36.5. The molecular weight excluding hydrogens is 793 g/mol. The molecule has 1 amide bonds. The van der Waals surface area contributed by atoms with Crippen LogP contribution in [0.2, 0.25) is 10.0 Å². The standard InChI is InChI=1S/C23H24Cl2N5O4P.C9H13BrNO3P/c1-4-33-35(32,34-5-2)19-10-9-15(13-26-19)28-23-27-12-14-11-16(22(31)30(3)21(14)29-23)20-17(24)7-6-8-18(20)25;1-3-13-15(12,14-4-2)9-6-5-8(10)7-11-9/h6-14,21H,4-5H2,1-3H3,(H,28,29);5-7H,3-4H2,1-2H3. The number of anilines is 1. The quantitative estimate of drug-likeness (QED) is 0.183. The first kappa shape index (κ1) is 40.0. The maximum absolute atomic E-state index is 13.1. The number of amides is 1. The fraction of sp³-hybridized carbons (Fsp3) is 0.344. The van der Waals surface area contributed by atoms with Crippen LogP contribution in [0.4, 0.5) is 5.69 Å². The fourth-order valence-electron chi connectivity index (χ4n) is 4.84. The van der Waals surface area contributed by atoms with Gasteiger partial charge in [-0.25, -0.2) is 20.0 Å². The molecule has 268 valence electrons. The molecule has 13 nitrogen and oxygen atoms in total. The summed E-state index contributed by atoms with van der Waals surface area (Å²) in [6.07, 6.45) is 6.08. The lowest BCUT2D eigenvalue weighted by molar-refractivity contribution is -0.126. The van der Waals surface area contributed by atoms with Crippen molar-refractivity contribution in [2.45, 2.75) is 33.9 Å². The van der Waals surface area contributed by atoms with Crippen LogP contribution in [0, 0.1) is 5.92 Å². The van der Waals surface area contributed by atoms with Crippen LogP contribution in [0.5, 0.6) is 0 Å². The van der Waals surface area contributed by atoms with Crippen molar-refractivity contribution in [2.24, 2.45) is 15.9 Å². The van der Waals surface area contributed by atoms with E-state index in [-0.39, 0.29) is 30.5 Å². The van der Waals surface area contributed by atoms with Crippen molar-refractivity contribution in [3.63, 3.8) is 0 Å². The molecule has 0 saturated carbocycles. The smallest absolute Gasteiger partial charge is 0.323 e. The number of benzene rings is 1. The van der Waals surface area contributed by atoms with Gasteiger partial charge in [-0.05, 0) is 80.0 Å². The predicted molar refractivity (Wildman–Crippen MR) is 201 cm³/mol. The second-order valence-electron chi connectivity index (χ2n) is 10.3. The summed E-state index contributed by atoms with van der Waals surface area (Å²) in [5, 5.41) is 3.87. The van der Waals surface area contributed by atoms with E-state index < -0.39 is 21.4 Å². The van der Waals surface area contributed by atoms with Gasteiger partial charge in [0.15, 0.2) is 10.9 Å². The van der Waals surface area contributed by atoms with Crippen LogP contribution in [0.1, 0.15) is 33.3 Å². The van der Waals surface area contributed by atoms with Gasteiger partial charge >= 0.3 is 15.2 Å². The van der Waals surface area contributed by atoms with Gasteiger partial charge in [0.25, 0.3) is 5.91 Å². The zero-order valence-corrected chi connectivity index (χ0v) is 32.8. The number of nitrogens with one attached hydrogen (secondary N) is 1. The molecule has 0 radical (unpaired) electrons. The number of rotatable bonds is 12. The van der Waals surface area contributed by atoms with E-state index in [9.17, 15) is 13.9 Å². The van der Waals surface area contributed by atoms with Gasteiger partial charge in [-0.2, -0.15) is 0 Å². The Bertz CT molecular complexity index is 1810. The molecule has 50 heavy (non-hydrogen) atoms. The van der Waals surface area contributed by atoms with Gasteiger partial charge in [0.2, 0.25) is 5.96 Å². The number of likely N-dealkylation sites (N-methyl/N-ethyl adjacent to an activating group) is 1. The van der Waals surface area contributed by atoms with Gasteiger partial charge in [-0.15, -0.1) is 0 Å². The highest BCUT2D eigenvalue weighted by atomic mass is 79.9. The van der Waals surface area contributed by atoms with Crippen LogP contribution < -0.4 is 16.2 Å². The highest BCUT2D eigenvalue weighted by Crippen LogP contribution is 2.47. The summed E-state index contributed by atoms with van der Waals surface area (Å²) in [4.78, 5) is 31.9. The molecule has 4 heterocycles. The van der Waals surface area contributed by atoms with Crippen LogP contribution in [-0.2, 0) is 32.0 Å². The Kier molecular flexibility index (Phi) is 14.5. The lowest BCUT2D eigenvalue weighted by Gasteiger charge is -2.36. The SMILES string of the molecule is CCOP(=O)(OCC)c1ccc(Br)cn1.CCOP(=O)(OCC)c1ccc(NC2=NC3C(C=N2)C=C(c2c(Cl)cccc2Cl)C(=O)N3C)cn1. The van der Waals surface area contributed by atoms with E-state index >= 15 is 0 Å². The molecular formula is C32H37BrCl2N6O7P2. The first-order valence-electron chi connectivity index (χ1n) is 15.6. The molecule has 2 unspecified atom stereocenters. The molecule has 2 aromatic heterocycles. The number of carbonyl (C=O) groups is 1. The van der Waals surface area contributed by atoms with E-state index in [1.165, 1.54) is 11.1 Å². The van der Waals surface area contributed by atoms with Crippen molar-refractivity contribution in [3.8, 4) is 0 Å². The van der Waals surface area contributed by atoms with Gasteiger partial charge < -0.3 is 28.3 Å². The summed E-state index contributed by atoms with van der Waals surface area (Å²) in [7, 11) is -5.03. The highest BCUT2D eigenvalue weighted by Gasteiger charge is 2.37. The van der Waals surface area contributed by atoms with E-state index in [1.54, 1.807) is 95.7 Å². The van der Waals surface area contributed by atoms with Crippen molar-refractivity contribution >= 4 is 94.5 Å². The van der Waals surface area contributed by atoms with Crippen LogP contribution in [-0.4, -0.2) is 72.6 Å². The molecule has 0 fully saturated rings. The Morgan fingerprint density at radius 2 is 1.38 bits per heavy atom. The number of aliphatic imine (C=N–C) groups is 2. The first-order valence-corrected chi connectivity index (χ1v) is 20.2. The van der Waals surface area contributed by atoms with E-state index in [1.807, 2.05) is 0 Å². The number of halogens is 3. The normalized spacial score (nSPS) is 17.4. The maximum atomic E-state index is 13.1. The Morgan fingerprint density at radius 3 is 1.86 bits per heavy atom. The average Bonchev–Trinajstić information content (AvgIpc) is 3.08. The van der Waals surface area contributed by atoms with Crippen molar-refractivity contribution in [1.82, 2.24) is 14.9 Å². The number of aromatic nitrogens is 2. The molecule has 1 N–H and O–H groups in total. The van der Waals surface area contributed by atoms with E-state index in [0.717, 1.165) is 4.47 Å². The number of hydrogen-bond donors (Lipinski definition) is 1. The predicted octanol–water partition coefficient (Wildman–Crippen LogP) is 7.37. The lowest BCUT2D eigenvalue weighted by Crippen LogP contribution is -2.47. The third-order valence-electron chi connectivity index (χ3n) is 6.98. The third-order valence-corrected chi connectivity index (χ3v) is 12.1. The van der Waals surface area contributed by atoms with Crippen molar-refractivity contribution in [1.29, 1.82) is 0 Å². The molecule has 0 saturated heterocycles. The average molecular weight is 830 g/mol. The number of fused-ring (bicyclic) bond motifs is 1. The Hall–Kier alpha value is -2.77. The monoisotopic (exact) mass is 828 g/mol. The van der Waals surface area contributed by atoms with E-state index in [4.69, 9.17) is 41.3 Å². The van der Waals surface area contributed by atoms with Gasteiger partial charge in [-0.1, -0.05) is 35.3 Å². The molecule has 1 aromatic carbocycles. The maximum Gasteiger partial charge on any atom is 0.379 e. The molecule has 2 atom stereocenters. The fourth-order valence-corrected chi connectivity index (χ4v) is 8.62. The summed E-state index contributed by atoms with van der Waals surface area (Å²) in [6, 6.07) is 11.8. The van der Waals surface area contributed by atoms with Gasteiger partial charge in [-0.3, -0.25) is 13.9 Å². The number of hydrogen-bond acceptors (Lipinski definition) is 12. The minimum absolute atomic E-state index is 0.217. The number of carbonyl (C=O) groups excluding carboxylic acids is 1. The zero-order valence-electron chi connectivity index (χ0n) is 28.0. The highest BCUT2D eigenvalue weighted by molar-refractivity contribution is 9.10. The van der Waals surface area contributed by atoms with Gasteiger partial charge in [0, 0.05) is 35.1 Å². The van der Waals surface area contributed by atoms with Crippen molar-refractivity contribution in [2.75, 3.05) is 38.8 Å². The molecule has 2 aliphatic rings. The lowest BCUT2D eigenvalue weighted by atomic mass is 9.92. The molecule has 3 aromatic rings. The third kappa shape index (κ3) is 9.56. The number of nitrogens with zero attached hydrogens (tertiary/aromatic N) is 5. The molecule has 2 aliphatic heterocycles. The van der Waals surface area contributed by atoms with Crippen LogP contribution in [0.15, 0.2) is 75.4 Å². The van der Waals surface area contributed by atoms with E-state index in [2.05, 4.69) is 41.2 Å². The Balaban J connectivity index is 0.000000314. The summed E-state index contributed by atoms with van der Waals surface area (Å²) in [5.74, 6) is -0.187. The molecule has 5 rings (SSSR count). The summed E-state index contributed by atoms with van der Waals surface area (Å²) < 4.78 is 46.9. The molecule has 18 heteroatoms. The first-order chi connectivity index (χ1) is 23.9. The second-order valence-corrected chi connectivity index (χ2v) is 16.0. The number of pyridine rings is 2. The topological polar surface area (TPSA) is 154 Å². The summed E-state index contributed by atoms with van der Waals surface area (Å²) >= 11 is 15.9. The summed E-state index contributed by atoms with van der Waals surface area (Å²) in [5.41, 5.74) is 2.04. The van der Waals surface area contributed by atoms with Crippen LogP contribution >= 0.6 is 54.3 Å². The van der Waals surface area contributed by atoms with Gasteiger partial charge in [0.05, 0.1) is 54.3 Å². The van der Waals surface area contributed by atoms with E-state index in [0.29, 0.717) is 51.5 Å². The van der Waals surface area contributed by atoms with Crippen LogP contribution in [0.25, 0.3) is 5.57 Å². The summed E-state index contributed by atoms with van der Waals surface area (Å²) in [6.45, 7) is 8.14. The van der Waals surface area contributed by atoms with Gasteiger partial charge in [0.1, 0.15) is 6.17 Å². The Morgan fingerprint density at radius 1 is 0.840 bits per heavy atom.